The molecule has 0 spiro atoms. The number of likely N-dealkylation sites (tertiary alicyclic amines) is 1. The van der Waals surface area contributed by atoms with Crippen LogP contribution in [-0.4, -0.2) is 36.5 Å². The van der Waals surface area contributed by atoms with E-state index >= 15 is 0 Å². The third-order valence-corrected chi connectivity index (χ3v) is 5.37. The highest BCUT2D eigenvalue weighted by Crippen LogP contribution is 2.23. The molecule has 1 saturated heterocycles. The number of rotatable bonds is 8. The molecule has 1 aliphatic heterocycles. The number of piperidine rings is 1. The summed E-state index contributed by atoms with van der Waals surface area (Å²) in [5, 5.41) is 3.10. The molecule has 1 heterocycles. The summed E-state index contributed by atoms with van der Waals surface area (Å²) in [5.41, 5.74) is 1.33. The number of ether oxygens (including phenoxy) is 2. The summed E-state index contributed by atoms with van der Waals surface area (Å²) in [6.45, 7) is 2.96. The quantitative estimate of drug-likeness (QED) is 0.581. The van der Waals surface area contributed by atoms with Crippen molar-refractivity contribution in [2.24, 2.45) is 0 Å². The number of para-hydroxylation sites is 1. The Labute approximate surface area is 183 Å². The fraction of sp³-hybridized carbons (Fsp3) is 0.269. The summed E-state index contributed by atoms with van der Waals surface area (Å²) in [7, 11) is 0. The van der Waals surface area contributed by atoms with Crippen LogP contribution < -0.4 is 14.8 Å². The SMILES string of the molecule is O=C(COc1ccc(Oc2ccccc2)cc1)NC1CCN(Cc2ccccc2)CC1. The highest BCUT2D eigenvalue weighted by Gasteiger charge is 2.20. The summed E-state index contributed by atoms with van der Waals surface area (Å²) in [5.74, 6) is 2.08. The predicted molar refractivity (Wildman–Crippen MR) is 121 cm³/mol. The molecule has 0 radical (unpaired) electrons. The maximum Gasteiger partial charge on any atom is 0.258 e. The molecule has 0 atom stereocenters. The van der Waals surface area contributed by atoms with Crippen molar-refractivity contribution >= 4 is 5.91 Å². The third kappa shape index (κ3) is 6.59. The van der Waals surface area contributed by atoms with E-state index < -0.39 is 0 Å². The Kier molecular flexibility index (Phi) is 7.19. The predicted octanol–water partition coefficient (Wildman–Crippen LogP) is 4.64. The van der Waals surface area contributed by atoms with Gasteiger partial charge < -0.3 is 14.8 Å². The van der Waals surface area contributed by atoms with E-state index in [1.165, 1.54) is 5.56 Å². The van der Waals surface area contributed by atoms with Crippen LogP contribution in [0.5, 0.6) is 17.2 Å². The molecule has 3 aromatic carbocycles. The Morgan fingerprint density at radius 3 is 2.06 bits per heavy atom. The van der Waals surface area contributed by atoms with Crippen LogP contribution in [0.15, 0.2) is 84.9 Å². The largest absolute Gasteiger partial charge is 0.484 e. The van der Waals surface area contributed by atoms with Gasteiger partial charge in [0.25, 0.3) is 5.91 Å². The van der Waals surface area contributed by atoms with Gasteiger partial charge in [-0.05, 0) is 54.8 Å². The van der Waals surface area contributed by atoms with Gasteiger partial charge >= 0.3 is 0 Å². The van der Waals surface area contributed by atoms with Gasteiger partial charge in [-0.15, -0.1) is 0 Å². The van der Waals surface area contributed by atoms with Gasteiger partial charge in [-0.25, -0.2) is 0 Å². The van der Waals surface area contributed by atoms with Crippen LogP contribution in [0.3, 0.4) is 0 Å². The Bertz CT molecular complexity index is 937. The van der Waals surface area contributed by atoms with Crippen LogP contribution in [0.4, 0.5) is 0 Å². The average Bonchev–Trinajstić information content (AvgIpc) is 2.81. The first kappa shape index (κ1) is 20.9. The minimum Gasteiger partial charge on any atom is -0.484 e. The third-order valence-electron chi connectivity index (χ3n) is 5.37. The fourth-order valence-corrected chi connectivity index (χ4v) is 3.72. The van der Waals surface area contributed by atoms with E-state index in [-0.39, 0.29) is 18.6 Å². The standard InChI is InChI=1S/C26H28N2O3/c29-26(27-22-15-17-28(18-16-22)19-21-7-3-1-4-8-21)20-30-23-11-13-25(14-12-23)31-24-9-5-2-6-10-24/h1-14,22H,15-20H2,(H,27,29). The van der Waals surface area contributed by atoms with E-state index in [2.05, 4.69) is 34.5 Å². The monoisotopic (exact) mass is 416 g/mol. The highest BCUT2D eigenvalue weighted by atomic mass is 16.5. The number of amides is 1. The van der Waals surface area contributed by atoms with E-state index in [0.717, 1.165) is 44.0 Å². The molecule has 5 nitrogen and oxygen atoms in total. The lowest BCUT2D eigenvalue weighted by atomic mass is 10.0. The molecule has 0 saturated carbocycles. The van der Waals surface area contributed by atoms with Crippen LogP contribution in [0, 0.1) is 0 Å². The Morgan fingerprint density at radius 1 is 0.806 bits per heavy atom. The molecular weight excluding hydrogens is 388 g/mol. The van der Waals surface area contributed by atoms with E-state index in [0.29, 0.717) is 5.75 Å². The molecule has 160 valence electrons. The molecule has 0 aromatic heterocycles. The van der Waals surface area contributed by atoms with Crippen molar-refractivity contribution in [1.29, 1.82) is 0 Å². The molecule has 1 amide bonds. The molecule has 1 fully saturated rings. The first-order valence-corrected chi connectivity index (χ1v) is 10.8. The topological polar surface area (TPSA) is 50.8 Å². The fourth-order valence-electron chi connectivity index (χ4n) is 3.72. The van der Waals surface area contributed by atoms with Crippen molar-refractivity contribution in [3.8, 4) is 17.2 Å². The van der Waals surface area contributed by atoms with Crippen molar-refractivity contribution in [2.75, 3.05) is 19.7 Å². The highest BCUT2D eigenvalue weighted by molar-refractivity contribution is 5.77. The van der Waals surface area contributed by atoms with Gasteiger partial charge in [-0.2, -0.15) is 0 Å². The van der Waals surface area contributed by atoms with Crippen molar-refractivity contribution < 1.29 is 14.3 Å². The smallest absolute Gasteiger partial charge is 0.258 e. The van der Waals surface area contributed by atoms with E-state index in [9.17, 15) is 4.79 Å². The van der Waals surface area contributed by atoms with Gasteiger partial charge in [-0.3, -0.25) is 9.69 Å². The van der Waals surface area contributed by atoms with Gasteiger partial charge in [0.1, 0.15) is 17.2 Å². The zero-order valence-electron chi connectivity index (χ0n) is 17.6. The van der Waals surface area contributed by atoms with Crippen LogP contribution in [0.25, 0.3) is 0 Å². The number of nitrogens with one attached hydrogen (secondary N) is 1. The van der Waals surface area contributed by atoms with Gasteiger partial charge in [-0.1, -0.05) is 48.5 Å². The number of hydrogen-bond donors (Lipinski definition) is 1. The second-order valence-electron chi connectivity index (χ2n) is 7.78. The summed E-state index contributed by atoms with van der Waals surface area (Å²) in [4.78, 5) is 14.7. The molecule has 0 aliphatic carbocycles. The van der Waals surface area contributed by atoms with Gasteiger partial charge in [0.2, 0.25) is 0 Å². The lowest BCUT2D eigenvalue weighted by Crippen LogP contribution is -2.45. The molecule has 0 bridgehead atoms. The van der Waals surface area contributed by atoms with Crippen LogP contribution in [0.1, 0.15) is 18.4 Å². The number of carbonyl (C=O) groups is 1. The molecular formula is C26H28N2O3. The Hall–Kier alpha value is -3.31. The minimum absolute atomic E-state index is 0.0170. The number of nitrogens with zero attached hydrogens (tertiary/aromatic N) is 1. The lowest BCUT2D eigenvalue weighted by molar-refractivity contribution is -0.124. The Morgan fingerprint density at radius 2 is 1.39 bits per heavy atom. The molecule has 3 aromatic rings. The van der Waals surface area contributed by atoms with Crippen LogP contribution in [-0.2, 0) is 11.3 Å². The first-order valence-electron chi connectivity index (χ1n) is 10.8. The maximum atomic E-state index is 12.3. The zero-order chi connectivity index (χ0) is 21.3. The summed E-state index contributed by atoms with van der Waals surface area (Å²) >= 11 is 0. The van der Waals surface area contributed by atoms with E-state index in [4.69, 9.17) is 9.47 Å². The number of hydrogen-bond acceptors (Lipinski definition) is 4. The molecule has 1 aliphatic rings. The summed E-state index contributed by atoms with van der Waals surface area (Å²) in [6.07, 6.45) is 1.92. The first-order chi connectivity index (χ1) is 15.2. The van der Waals surface area contributed by atoms with Gasteiger partial charge in [0.05, 0.1) is 0 Å². The van der Waals surface area contributed by atoms with Crippen LogP contribution in [0.2, 0.25) is 0 Å². The van der Waals surface area contributed by atoms with Crippen LogP contribution >= 0.6 is 0 Å². The van der Waals surface area contributed by atoms with Crippen molar-refractivity contribution in [3.63, 3.8) is 0 Å². The van der Waals surface area contributed by atoms with E-state index in [1.807, 2.05) is 60.7 Å². The molecule has 1 N–H and O–H groups in total. The molecule has 31 heavy (non-hydrogen) atoms. The maximum absolute atomic E-state index is 12.3. The van der Waals surface area contributed by atoms with Crippen molar-refractivity contribution in [3.05, 3.63) is 90.5 Å². The van der Waals surface area contributed by atoms with Crippen molar-refractivity contribution in [2.45, 2.75) is 25.4 Å². The molecule has 5 heteroatoms. The molecule has 0 unspecified atom stereocenters. The van der Waals surface area contributed by atoms with Crippen molar-refractivity contribution in [1.82, 2.24) is 10.2 Å². The summed E-state index contributed by atoms with van der Waals surface area (Å²) < 4.78 is 11.4. The second-order valence-corrected chi connectivity index (χ2v) is 7.78. The normalized spacial score (nSPS) is 14.7. The average molecular weight is 417 g/mol. The Balaban J connectivity index is 1.16. The second kappa shape index (κ2) is 10.6. The molecule has 4 rings (SSSR count). The van der Waals surface area contributed by atoms with Gasteiger partial charge in [0.15, 0.2) is 6.61 Å². The number of benzene rings is 3. The number of carbonyl (C=O) groups excluding carboxylic acids is 1. The van der Waals surface area contributed by atoms with E-state index in [1.54, 1.807) is 0 Å². The summed E-state index contributed by atoms with van der Waals surface area (Å²) in [6, 6.07) is 27.6. The minimum atomic E-state index is -0.0777. The van der Waals surface area contributed by atoms with Gasteiger partial charge in [0, 0.05) is 25.7 Å². The zero-order valence-corrected chi connectivity index (χ0v) is 17.6. The lowest BCUT2D eigenvalue weighted by Gasteiger charge is -2.32.